The minimum atomic E-state index is -0.114. The maximum Gasteiger partial charge on any atom is 0.0594 e. The summed E-state index contributed by atoms with van der Waals surface area (Å²) in [5.74, 6) is 5.09. The molecule has 0 heterocycles. The van der Waals surface area contributed by atoms with Gasteiger partial charge in [-0.3, -0.25) is 0 Å². The van der Waals surface area contributed by atoms with Crippen molar-refractivity contribution < 1.29 is 5.11 Å². The molecule has 0 aromatic rings. The third-order valence-corrected chi connectivity index (χ3v) is 12.9. The standard InChI is InChI=1S/C29H48O/c1-18(2)20-9-8-19-12-16-28(6)21(25(19)20)10-11-23-27(5)15-14-24(30)26(3,4)22(27)13-17-29(23,28)7/h19-25,30H,1,8-17H2,2-7H3/t19?,20-,21+,22-,23+,24-,25+,27-,28+,29+/m0/s1. The van der Waals surface area contributed by atoms with Crippen LogP contribution in [0, 0.1) is 57.2 Å². The van der Waals surface area contributed by atoms with Crippen LogP contribution in [0.15, 0.2) is 12.2 Å². The van der Waals surface area contributed by atoms with E-state index in [4.69, 9.17) is 0 Å². The number of hydrogen-bond donors (Lipinski definition) is 1. The number of rotatable bonds is 1. The van der Waals surface area contributed by atoms with Gasteiger partial charge in [0.05, 0.1) is 6.10 Å². The van der Waals surface area contributed by atoms with E-state index in [1.54, 1.807) is 0 Å². The van der Waals surface area contributed by atoms with Crippen molar-refractivity contribution in [2.24, 2.45) is 57.2 Å². The van der Waals surface area contributed by atoms with Crippen LogP contribution in [0.25, 0.3) is 0 Å². The van der Waals surface area contributed by atoms with Crippen molar-refractivity contribution in [3.05, 3.63) is 12.2 Å². The summed E-state index contributed by atoms with van der Waals surface area (Å²) in [6.45, 7) is 19.6. The van der Waals surface area contributed by atoms with E-state index in [1.807, 2.05) is 0 Å². The molecule has 0 saturated heterocycles. The first-order valence-corrected chi connectivity index (χ1v) is 13.3. The third kappa shape index (κ3) is 2.51. The maximum absolute atomic E-state index is 10.9. The molecule has 0 radical (unpaired) electrons. The van der Waals surface area contributed by atoms with Gasteiger partial charge in [0.15, 0.2) is 0 Å². The van der Waals surface area contributed by atoms with Gasteiger partial charge in [0.1, 0.15) is 0 Å². The Hall–Kier alpha value is -0.300. The van der Waals surface area contributed by atoms with Gasteiger partial charge in [-0.25, -0.2) is 0 Å². The second-order valence-corrected chi connectivity index (χ2v) is 14.0. The predicted molar refractivity (Wildman–Crippen MR) is 126 cm³/mol. The minimum absolute atomic E-state index is 0.0697. The molecule has 5 saturated carbocycles. The highest BCUT2D eigenvalue weighted by Crippen LogP contribution is 2.76. The van der Waals surface area contributed by atoms with Crippen LogP contribution < -0.4 is 0 Å². The molecule has 1 N–H and O–H groups in total. The number of allylic oxidation sites excluding steroid dienone is 1. The van der Waals surface area contributed by atoms with Gasteiger partial charge >= 0.3 is 0 Å². The van der Waals surface area contributed by atoms with Gasteiger partial charge in [-0.1, -0.05) is 46.8 Å². The van der Waals surface area contributed by atoms with Crippen molar-refractivity contribution in [1.29, 1.82) is 0 Å². The Bertz CT molecular complexity index is 722. The number of hydrogen-bond acceptors (Lipinski definition) is 1. The smallest absolute Gasteiger partial charge is 0.0594 e. The zero-order valence-corrected chi connectivity index (χ0v) is 20.8. The molecule has 0 bridgehead atoms. The summed E-state index contributed by atoms with van der Waals surface area (Å²) in [4.78, 5) is 0. The fourth-order valence-corrected chi connectivity index (χ4v) is 11.2. The highest BCUT2D eigenvalue weighted by Gasteiger charge is 2.68. The zero-order valence-electron chi connectivity index (χ0n) is 20.8. The van der Waals surface area contributed by atoms with Crippen LogP contribution in [0.2, 0.25) is 0 Å². The molecule has 5 rings (SSSR count). The molecule has 10 atom stereocenters. The Balaban J connectivity index is 1.53. The molecule has 0 aromatic heterocycles. The first-order chi connectivity index (χ1) is 14.0. The molecule has 5 aliphatic rings. The summed E-state index contributed by atoms with van der Waals surface area (Å²) in [6, 6.07) is 0. The highest BCUT2D eigenvalue weighted by atomic mass is 16.3. The summed E-state index contributed by atoms with van der Waals surface area (Å²) in [5.41, 5.74) is 2.90. The third-order valence-electron chi connectivity index (χ3n) is 12.9. The van der Waals surface area contributed by atoms with E-state index in [1.165, 1.54) is 63.4 Å². The van der Waals surface area contributed by atoms with Crippen LogP contribution in [0.4, 0.5) is 0 Å². The van der Waals surface area contributed by atoms with E-state index in [0.717, 1.165) is 36.0 Å². The Kier molecular flexibility index (Phi) is 4.75. The van der Waals surface area contributed by atoms with Crippen LogP contribution >= 0.6 is 0 Å². The van der Waals surface area contributed by atoms with Crippen molar-refractivity contribution in [3.63, 3.8) is 0 Å². The fraction of sp³-hybridized carbons (Fsp3) is 0.931. The van der Waals surface area contributed by atoms with Crippen LogP contribution in [0.1, 0.15) is 106 Å². The van der Waals surface area contributed by atoms with E-state index in [2.05, 4.69) is 48.1 Å². The molecule has 0 spiro atoms. The SMILES string of the molecule is C=C(C)[C@@H]1CCC2CC[C@]3(C)[C@H](CC[C@@H]4[C@@]5(C)CC[C@H](O)C(C)(C)[C@@H]5CC[C@]43C)[C@H]21. The average molecular weight is 413 g/mol. The Morgan fingerprint density at radius 3 is 2.17 bits per heavy atom. The van der Waals surface area contributed by atoms with E-state index < -0.39 is 0 Å². The van der Waals surface area contributed by atoms with E-state index in [9.17, 15) is 5.11 Å². The van der Waals surface area contributed by atoms with Gasteiger partial charge in [0.2, 0.25) is 0 Å². The minimum Gasteiger partial charge on any atom is -0.393 e. The van der Waals surface area contributed by atoms with Gasteiger partial charge in [-0.15, -0.1) is 0 Å². The lowest BCUT2D eigenvalue weighted by atomic mass is 9.33. The molecule has 1 heteroatoms. The van der Waals surface area contributed by atoms with Crippen molar-refractivity contribution in [3.8, 4) is 0 Å². The average Bonchev–Trinajstić information content (AvgIpc) is 3.10. The van der Waals surface area contributed by atoms with Gasteiger partial charge in [-0.2, -0.15) is 0 Å². The van der Waals surface area contributed by atoms with Gasteiger partial charge in [-0.05, 0) is 128 Å². The zero-order chi connectivity index (χ0) is 21.7. The predicted octanol–water partition coefficient (Wildman–Crippen LogP) is 7.63. The van der Waals surface area contributed by atoms with Crippen molar-refractivity contribution in [1.82, 2.24) is 0 Å². The molecular formula is C29H48O. The lowest BCUT2D eigenvalue weighted by molar-refractivity contribution is -0.240. The summed E-state index contributed by atoms with van der Waals surface area (Å²) < 4.78 is 0. The second-order valence-electron chi connectivity index (χ2n) is 14.0. The monoisotopic (exact) mass is 412 g/mol. The molecule has 0 aromatic carbocycles. The van der Waals surface area contributed by atoms with Crippen molar-refractivity contribution in [2.75, 3.05) is 0 Å². The van der Waals surface area contributed by atoms with Crippen LogP contribution in [-0.2, 0) is 0 Å². The van der Waals surface area contributed by atoms with E-state index in [0.29, 0.717) is 22.2 Å². The number of aliphatic hydroxyl groups excluding tert-OH is 1. The van der Waals surface area contributed by atoms with Crippen molar-refractivity contribution >= 4 is 0 Å². The van der Waals surface area contributed by atoms with Crippen LogP contribution in [-0.4, -0.2) is 11.2 Å². The molecule has 1 nitrogen and oxygen atoms in total. The highest BCUT2D eigenvalue weighted by molar-refractivity contribution is 5.19. The fourth-order valence-electron chi connectivity index (χ4n) is 11.2. The summed E-state index contributed by atoms with van der Waals surface area (Å²) in [5, 5.41) is 10.9. The molecule has 170 valence electrons. The first kappa shape index (κ1) is 21.5. The summed E-state index contributed by atoms with van der Waals surface area (Å²) in [6.07, 6.45) is 13.5. The number of aliphatic hydroxyl groups is 1. The molecule has 5 fully saturated rings. The molecule has 1 unspecified atom stereocenters. The quantitative estimate of drug-likeness (QED) is 0.439. The first-order valence-electron chi connectivity index (χ1n) is 13.3. The van der Waals surface area contributed by atoms with Gasteiger partial charge < -0.3 is 5.11 Å². The lowest BCUT2D eigenvalue weighted by Crippen LogP contribution is -2.65. The van der Waals surface area contributed by atoms with E-state index >= 15 is 0 Å². The Morgan fingerprint density at radius 1 is 0.767 bits per heavy atom. The molecule has 5 aliphatic carbocycles. The summed E-state index contributed by atoms with van der Waals surface area (Å²) in [7, 11) is 0. The Labute approximate surface area is 186 Å². The normalized spacial score (nSPS) is 57.0. The molecular weight excluding hydrogens is 364 g/mol. The lowest BCUT2D eigenvalue weighted by Gasteiger charge is -2.72. The van der Waals surface area contributed by atoms with Crippen molar-refractivity contribution in [2.45, 2.75) is 112 Å². The largest absolute Gasteiger partial charge is 0.393 e. The molecule has 0 amide bonds. The van der Waals surface area contributed by atoms with E-state index in [-0.39, 0.29) is 11.5 Å². The van der Waals surface area contributed by atoms with Crippen LogP contribution in [0.3, 0.4) is 0 Å². The topological polar surface area (TPSA) is 20.2 Å². The van der Waals surface area contributed by atoms with Crippen LogP contribution in [0.5, 0.6) is 0 Å². The van der Waals surface area contributed by atoms with Gasteiger partial charge in [0, 0.05) is 0 Å². The molecule has 30 heavy (non-hydrogen) atoms. The second kappa shape index (κ2) is 6.61. The Morgan fingerprint density at radius 2 is 1.47 bits per heavy atom. The summed E-state index contributed by atoms with van der Waals surface area (Å²) >= 11 is 0. The maximum atomic E-state index is 10.9. The molecule has 0 aliphatic heterocycles. The number of fused-ring (bicyclic) bond motifs is 7. The van der Waals surface area contributed by atoms with Gasteiger partial charge in [0.25, 0.3) is 0 Å².